The number of thiol groups is 1. The highest BCUT2D eigenvalue weighted by Crippen LogP contribution is 2.45. The van der Waals surface area contributed by atoms with Gasteiger partial charge in [0.1, 0.15) is 0 Å². The number of carbonyl (C=O) groups excluding carboxylic acids is 1. The molecule has 1 aromatic carbocycles. The number of nitrogens with two attached hydrogens (primary N) is 2. The van der Waals surface area contributed by atoms with Crippen LogP contribution in [0.3, 0.4) is 0 Å². The maximum atomic E-state index is 13.1. The SMILES string of the molecule is CC1(CO/C(C(=O)Nc2cccc(N)c2)=C(/CN)N2CCN([SH](=O)=O)CC2)CC1. The van der Waals surface area contributed by atoms with Crippen LogP contribution in [0, 0.1) is 5.41 Å². The van der Waals surface area contributed by atoms with Crippen LogP contribution >= 0.6 is 0 Å². The van der Waals surface area contributed by atoms with Crippen LogP contribution in [0.25, 0.3) is 0 Å². The Morgan fingerprint density at radius 1 is 1.24 bits per heavy atom. The summed E-state index contributed by atoms with van der Waals surface area (Å²) in [5.74, 6) is -0.208. The summed E-state index contributed by atoms with van der Waals surface area (Å²) >= 11 is 0. The average Bonchev–Trinajstić information content (AvgIpc) is 3.42. The number of amides is 1. The van der Waals surface area contributed by atoms with Crippen LogP contribution in [0.15, 0.2) is 35.7 Å². The molecule has 1 heterocycles. The van der Waals surface area contributed by atoms with Crippen molar-refractivity contribution in [2.24, 2.45) is 11.1 Å². The zero-order chi connectivity index (χ0) is 21.0. The molecule has 1 aliphatic heterocycles. The van der Waals surface area contributed by atoms with Gasteiger partial charge in [-0.25, -0.2) is 12.7 Å². The predicted molar refractivity (Wildman–Crippen MR) is 112 cm³/mol. The van der Waals surface area contributed by atoms with Crippen LogP contribution < -0.4 is 16.8 Å². The first-order chi connectivity index (χ1) is 13.8. The lowest BCUT2D eigenvalue weighted by atomic mass is 10.1. The topological polar surface area (TPSA) is 131 Å². The summed E-state index contributed by atoms with van der Waals surface area (Å²) in [6.45, 7) is 4.26. The third-order valence-electron chi connectivity index (χ3n) is 5.34. The van der Waals surface area contributed by atoms with Crippen LogP contribution in [-0.2, 0) is 20.4 Å². The third-order valence-corrected chi connectivity index (χ3v) is 6.21. The zero-order valence-electron chi connectivity index (χ0n) is 16.6. The normalized spacial score (nSPS) is 19.6. The van der Waals surface area contributed by atoms with Gasteiger partial charge in [0.05, 0.1) is 12.3 Å². The van der Waals surface area contributed by atoms with Crippen molar-refractivity contribution in [2.75, 3.05) is 50.4 Å². The lowest BCUT2D eigenvalue weighted by molar-refractivity contribution is -0.116. The number of anilines is 2. The molecule has 0 bridgehead atoms. The summed E-state index contributed by atoms with van der Waals surface area (Å²) in [5, 5.41) is 2.83. The molecule has 0 unspecified atom stereocenters. The van der Waals surface area contributed by atoms with Crippen molar-refractivity contribution in [3.8, 4) is 0 Å². The van der Waals surface area contributed by atoms with Crippen LogP contribution in [0.2, 0.25) is 0 Å². The van der Waals surface area contributed by atoms with E-state index in [1.54, 1.807) is 24.3 Å². The fourth-order valence-electron chi connectivity index (χ4n) is 3.18. The van der Waals surface area contributed by atoms with E-state index in [4.69, 9.17) is 16.2 Å². The Labute approximate surface area is 172 Å². The van der Waals surface area contributed by atoms with E-state index < -0.39 is 16.8 Å². The first-order valence-corrected chi connectivity index (χ1v) is 10.8. The Morgan fingerprint density at radius 3 is 2.48 bits per heavy atom. The Bertz CT molecular complexity index is 850. The lowest BCUT2D eigenvalue weighted by Crippen LogP contribution is -2.47. The van der Waals surface area contributed by atoms with E-state index in [1.807, 2.05) is 4.90 Å². The molecule has 160 valence electrons. The van der Waals surface area contributed by atoms with Crippen molar-refractivity contribution in [1.82, 2.24) is 9.21 Å². The summed E-state index contributed by atoms with van der Waals surface area (Å²) in [6.07, 6.45) is 2.12. The van der Waals surface area contributed by atoms with Gasteiger partial charge in [0.2, 0.25) is 16.6 Å². The van der Waals surface area contributed by atoms with Crippen molar-refractivity contribution in [1.29, 1.82) is 0 Å². The van der Waals surface area contributed by atoms with E-state index in [0.717, 1.165) is 12.8 Å². The molecule has 1 saturated carbocycles. The number of piperazine rings is 1. The molecule has 1 aromatic rings. The van der Waals surface area contributed by atoms with Crippen LogP contribution in [0.1, 0.15) is 19.8 Å². The van der Waals surface area contributed by atoms with Gasteiger partial charge in [-0.15, -0.1) is 0 Å². The van der Waals surface area contributed by atoms with Crippen molar-refractivity contribution >= 4 is 28.2 Å². The zero-order valence-corrected chi connectivity index (χ0v) is 17.5. The molecule has 0 radical (unpaired) electrons. The molecule has 0 spiro atoms. The molecule has 2 aliphatic rings. The number of benzene rings is 1. The molecule has 3 rings (SSSR count). The van der Waals surface area contributed by atoms with Gasteiger partial charge in [-0.1, -0.05) is 13.0 Å². The molecular weight excluding hydrogens is 394 g/mol. The van der Waals surface area contributed by atoms with Gasteiger partial charge in [0.15, 0.2) is 0 Å². The van der Waals surface area contributed by atoms with Gasteiger partial charge in [0.25, 0.3) is 5.91 Å². The monoisotopic (exact) mass is 423 g/mol. The first kappa shape index (κ1) is 21.4. The number of hydrogen-bond acceptors (Lipinski definition) is 7. The summed E-state index contributed by atoms with van der Waals surface area (Å²) in [6, 6.07) is 6.92. The molecule has 2 fully saturated rings. The quantitative estimate of drug-likeness (QED) is 0.205. The lowest BCUT2D eigenvalue weighted by Gasteiger charge is -2.35. The van der Waals surface area contributed by atoms with Crippen LogP contribution in [-0.4, -0.2) is 62.9 Å². The molecule has 29 heavy (non-hydrogen) atoms. The summed E-state index contributed by atoms with van der Waals surface area (Å²) in [7, 11) is -2.60. The molecule has 1 aliphatic carbocycles. The van der Waals surface area contributed by atoms with E-state index in [2.05, 4.69) is 12.2 Å². The molecule has 1 saturated heterocycles. The van der Waals surface area contributed by atoms with E-state index in [-0.39, 0.29) is 17.7 Å². The fraction of sp³-hybridized carbons (Fsp3) is 0.526. The maximum absolute atomic E-state index is 13.1. The van der Waals surface area contributed by atoms with Crippen LogP contribution in [0.5, 0.6) is 0 Å². The Kier molecular flexibility index (Phi) is 6.66. The van der Waals surface area contributed by atoms with Crippen molar-refractivity contribution in [3.05, 3.63) is 35.7 Å². The summed E-state index contributed by atoms with van der Waals surface area (Å²) in [5.41, 5.74) is 13.6. The second-order valence-corrected chi connectivity index (χ2v) is 8.88. The minimum Gasteiger partial charge on any atom is -0.486 e. The second-order valence-electron chi connectivity index (χ2n) is 7.84. The average molecular weight is 424 g/mol. The Hall–Kier alpha value is -2.30. The highest BCUT2D eigenvalue weighted by atomic mass is 32.2. The second kappa shape index (κ2) is 9.02. The van der Waals surface area contributed by atoms with Crippen molar-refractivity contribution in [2.45, 2.75) is 19.8 Å². The number of carbonyl (C=O) groups is 1. The molecule has 0 atom stereocenters. The van der Waals surface area contributed by atoms with Gasteiger partial charge in [-0.3, -0.25) is 4.79 Å². The van der Waals surface area contributed by atoms with E-state index in [9.17, 15) is 13.2 Å². The molecule has 10 heteroatoms. The summed E-state index contributed by atoms with van der Waals surface area (Å²) in [4.78, 5) is 15.0. The smallest absolute Gasteiger partial charge is 0.292 e. The molecule has 9 nitrogen and oxygen atoms in total. The number of nitrogens with one attached hydrogen (secondary N) is 1. The predicted octanol–water partition coefficient (Wildman–Crippen LogP) is 0.338. The Morgan fingerprint density at radius 2 is 1.93 bits per heavy atom. The summed E-state index contributed by atoms with van der Waals surface area (Å²) < 4.78 is 29.8. The van der Waals surface area contributed by atoms with Gasteiger partial charge < -0.3 is 26.4 Å². The molecule has 1 amide bonds. The van der Waals surface area contributed by atoms with Crippen LogP contribution in [0.4, 0.5) is 11.4 Å². The van der Waals surface area contributed by atoms with Gasteiger partial charge >= 0.3 is 0 Å². The molecule has 0 aromatic heterocycles. The number of nitrogens with zero attached hydrogens (tertiary/aromatic N) is 2. The van der Waals surface area contributed by atoms with Crippen molar-refractivity contribution < 1.29 is 17.9 Å². The fourth-order valence-corrected chi connectivity index (χ4v) is 3.69. The Balaban J connectivity index is 1.82. The molecular formula is C19H29N5O4S. The van der Waals surface area contributed by atoms with E-state index in [0.29, 0.717) is 49.9 Å². The third kappa shape index (κ3) is 5.62. The largest absolute Gasteiger partial charge is 0.486 e. The standard InChI is InChI=1S/C19H29N5O4S/c1-19(5-6-19)13-28-17(18(25)22-15-4-2-3-14(21)11-15)16(12-20)23-7-9-24(10-8-23)29(26)27/h2-4,11,29H,5-10,12-13,20-21H2,1H3,(H,22,25)/b17-16-. The maximum Gasteiger partial charge on any atom is 0.292 e. The molecule has 5 N–H and O–H groups in total. The highest BCUT2D eigenvalue weighted by Gasteiger charge is 2.39. The first-order valence-electron chi connectivity index (χ1n) is 9.68. The van der Waals surface area contributed by atoms with Gasteiger partial charge in [-0.2, -0.15) is 0 Å². The minimum absolute atomic E-state index is 0.0854. The number of nitrogen functional groups attached to an aromatic ring is 1. The minimum atomic E-state index is -2.60. The van der Waals surface area contributed by atoms with Crippen molar-refractivity contribution in [3.63, 3.8) is 0 Å². The number of rotatable bonds is 8. The van der Waals surface area contributed by atoms with E-state index in [1.165, 1.54) is 4.31 Å². The number of ether oxygens (including phenoxy) is 1. The van der Waals surface area contributed by atoms with E-state index >= 15 is 0 Å². The van der Waals surface area contributed by atoms with Gasteiger partial charge in [0, 0.05) is 49.5 Å². The van der Waals surface area contributed by atoms with Gasteiger partial charge in [-0.05, 0) is 31.0 Å². The number of hydrogen-bond donors (Lipinski definition) is 4. The highest BCUT2D eigenvalue weighted by molar-refractivity contribution is 7.69.